The fourth-order valence-electron chi connectivity index (χ4n) is 2.15. The second-order valence-corrected chi connectivity index (χ2v) is 6.60. The van der Waals surface area contributed by atoms with Gasteiger partial charge in [0.1, 0.15) is 0 Å². The van der Waals surface area contributed by atoms with Crippen LogP contribution in [0.4, 0.5) is 0 Å². The Kier molecular flexibility index (Phi) is 6.33. The third-order valence-electron chi connectivity index (χ3n) is 3.30. The molecule has 0 amide bonds. The lowest BCUT2D eigenvalue weighted by Gasteiger charge is -2.28. The van der Waals surface area contributed by atoms with Crippen LogP contribution < -0.4 is 5.32 Å². The van der Waals surface area contributed by atoms with Crippen molar-refractivity contribution in [3.8, 4) is 0 Å². The van der Waals surface area contributed by atoms with E-state index in [0.29, 0.717) is 6.04 Å². The van der Waals surface area contributed by atoms with E-state index in [-0.39, 0.29) is 5.60 Å². The summed E-state index contributed by atoms with van der Waals surface area (Å²) < 4.78 is 5.54. The summed E-state index contributed by atoms with van der Waals surface area (Å²) >= 11 is 1.94. The number of likely N-dealkylation sites (N-methyl/N-ethyl adjacent to an activating group) is 1. The zero-order chi connectivity index (χ0) is 13.6. The zero-order valence-corrected chi connectivity index (χ0v) is 13.2. The molecule has 18 heavy (non-hydrogen) atoms. The fourth-order valence-corrected chi connectivity index (χ4v) is 3.18. The number of thiophene rings is 1. The van der Waals surface area contributed by atoms with Crippen LogP contribution in [-0.4, -0.2) is 25.3 Å². The number of hydrogen-bond donors (Lipinski definition) is 1. The monoisotopic (exact) mass is 269 g/mol. The van der Waals surface area contributed by atoms with Crippen molar-refractivity contribution in [2.45, 2.75) is 58.6 Å². The van der Waals surface area contributed by atoms with Crippen LogP contribution in [0.15, 0.2) is 12.1 Å². The Labute approximate surface area is 116 Å². The average Bonchev–Trinajstić information content (AvgIpc) is 2.76. The van der Waals surface area contributed by atoms with Gasteiger partial charge in [-0.25, -0.2) is 0 Å². The molecule has 1 N–H and O–H groups in total. The summed E-state index contributed by atoms with van der Waals surface area (Å²) in [6.45, 7) is 9.70. The molecule has 0 spiro atoms. The maximum atomic E-state index is 5.54. The molecule has 1 unspecified atom stereocenters. The summed E-state index contributed by atoms with van der Waals surface area (Å²) in [5, 5.41) is 3.58. The van der Waals surface area contributed by atoms with Gasteiger partial charge in [-0.3, -0.25) is 0 Å². The molecule has 1 heterocycles. The van der Waals surface area contributed by atoms with E-state index in [1.54, 1.807) is 7.11 Å². The van der Waals surface area contributed by atoms with Crippen LogP contribution in [0.25, 0.3) is 0 Å². The Morgan fingerprint density at radius 2 is 1.94 bits per heavy atom. The first-order chi connectivity index (χ1) is 8.50. The second kappa shape index (κ2) is 7.27. The molecular weight excluding hydrogens is 242 g/mol. The molecule has 104 valence electrons. The Balaban J connectivity index is 2.62. The molecule has 1 rings (SSSR count). The largest absolute Gasteiger partial charge is 0.379 e. The predicted molar refractivity (Wildman–Crippen MR) is 80.6 cm³/mol. The lowest BCUT2D eigenvalue weighted by Crippen LogP contribution is -2.38. The van der Waals surface area contributed by atoms with E-state index in [1.807, 2.05) is 11.3 Å². The van der Waals surface area contributed by atoms with E-state index < -0.39 is 0 Å². The van der Waals surface area contributed by atoms with Gasteiger partial charge in [0.2, 0.25) is 0 Å². The summed E-state index contributed by atoms with van der Waals surface area (Å²) in [5.74, 6) is 0. The Bertz CT molecular complexity index is 346. The minimum Gasteiger partial charge on any atom is -0.379 e. The van der Waals surface area contributed by atoms with E-state index >= 15 is 0 Å². The van der Waals surface area contributed by atoms with E-state index in [0.717, 1.165) is 25.8 Å². The summed E-state index contributed by atoms with van der Waals surface area (Å²) in [6.07, 6.45) is 3.28. The molecule has 0 aromatic carbocycles. The fraction of sp³-hybridized carbons (Fsp3) is 0.733. The van der Waals surface area contributed by atoms with Crippen LogP contribution in [0, 0.1) is 0 Å². The maximum absolute atomic E-state index is 5.54. The van der Waals surface area contributed by atoms with Crippen LogP contribution in [0.2, 0.25) is 0 Å². The highest BCUT2D eigenvalue weighted by Gasteiger charge is 2.22. The molecule has 1 atom stereocenters. The molecule has 3 heteroatoms. The van der Waals surface area contributed by atoms with Crippen LogP contribution in [0.3, 0.4) is 0 Å². The number of ether oxygens (including phenoxy) is 1. The normalized spacial score (nSPS) is 13.8. The molecule has 0 aliphatic heterocycles. The molecule has 0 saturated carbocycles. The Hall–Kier alpha value is -0.380. The number of hydrogen-bond acceptors (Lipinski definition) is 3. The van der Waals surface area contributed by atoms with E-state index in [4.69, 9.17) is 4.74 Å². The molecule has 0 fully saturated rings. The van der Waals surface area contributed by atoms with Crippen LogP contribution >= 0.6 is 11.3 Å². The molecule has 0 saturated heterocycles. The quantitative estimate of drug-likeness (QED) is 0.778. The molecule has 0 aliphatic carbocycles. The second-order valence-electron chi connectivity index (χ2n) is 5.35. The van der Waals surface area contributed by atoms with Crippen molar-refractivity contribution in [2.24, 2.45) is 0 Å². The van der Waals surface area contributed by atoms with Crippen LogP contribution in [0.1, 0.15) is 43.9 Å². The SMILES string of the molecule is CCNC(Cc1ccc(CC)s1)CC(C)(C)OC. The van der Waals surface area contributed by atoms with Crippen molar-refractivity contribution in [3.05, 3.63) is 21.9 Å². The summed E-state index contributed by atoms with van der Waals surface area (Å²) in [4.78, 5) is 2.95. The third-order valence-corrected chi connectivity index (χ3v) is 4.55. The first-order valence-corrected chi connectivity index (χ1v) is 7.68. The highest BCUT2D eigenvalue weighted by Crippen LogP contribution is 2.22. The highest BCUT2D eigenvalue weighted by molar-refractivity contribution is 7.11. The van der Waals surface area contributed by atoms with E-state index in [2.05, 4.69) is 45.1 Å². The predicted octanol–water partition coefficient (Wildman–Crippen LogP) is 3.65. The lowest BCUT2D eigenvalue weighted by atomic mass is 9.96. The van der Waals surface area contributed by atoms with Crippen molar-refractivity contribution >= 4 is 11.3 Å². The first kappa shape index (κ1) is 15.7. The first-order valence-electron chi connectivity index (χ1n) is 6.86. The van der Waals surface area contributed by atoms with Gasteiger partial charge in [-0.2, -0.15) is 0 Å². The van der Waals surface area contributed by atoms with Gasteiger partial charge in [0.05, 0.1) is 5.60 Å². The van der Waals surface area contributed by atoms with Gasteiger partial charge < -0.3 is 10.1 Å². The van der Waals surface area contributed by atoms with Crippen molar-refractivity contribution in [1.82, 2.24) is 5.32 Å². The summed E-state index contributed by atoms with van der Waals surface area (Å²) in [7, 11) is 1.79. The van der Waals surface area contributed by atoms with Gasteiger partial charge in [0.25, 0.3) is 0 Å². The standard InChI is InChI=1S/C15H27NOS/c1-6-13-8-9-14(18-13)10-12(16-7-2)11-15(3,4)17-5/h8-9,12,16H,6-7,10-11H2,1-5H3. The Morgan fingerprint density at radius 3 is 2.44 bits per heavy atom. The Morgan fingerprint density at radius 1 is 1.28 bits per heavy atom. The van der Waals surface area contributed by atoms with Crippen molar-refractivity contribution in [1.29, 1.82) is 0 Å². The molecule has 2 nitrogen and oxygen atoms in total. The van der Waals surface area contributed by atoms with E-state index in [9.17, 15) is 0 Å². The van der Waals surface area contributed by atoms with Gasteiger partial charge in [0, 0.05) is 22.9 Å². The van der Waals surface area contributed by atoms with Crippen LogP contribution in [-0.2, 0) is 17.6 Å². The number of aryl methyl sites for hydroxylation is 1. The average molecular weight is 269 g/mol. The van der Waals surface area contributed by atoms with Crippen molar-refractivity contribution < 1.29 is 4.74 Å². The topological polar surface area (TPSA) is 21.3 Å². The van der Waals surface area contributed by atoms with Gasteiger partial charge >= 0.3 is 0 Å². The summed E-state index contributed by atoms with van der Waals surface area (Å²) in [6, 6.07) is 5.02. The molecule has 0 bridgehead atoms. The smallest absolute Gasteiger partial charge is 0.0637 e. The zero-order valence-electron chi connectivity index (χ0n) is 12.4. The number of rotatable bonds is 8. The minimum atomic E-state index is -0.0579. The maximum Gasteiger partial charge on any atom is 0.0637 e. The highest BCUT2D eigenvalue weighted by atomic mass is 32.1. The van der Waals surface area contributed by atoms with Crippen molar-refractivity contribution in [3.63, 3.8) is 0 Å². The van der Waals surface area contributed by atoms with Gasteiger partial charge in [-0.05, 0) is 51.8 Å². The van der Waals surface area contributed by atoms with Gasteiger partial charge in [0.15, 0.2) is 0 Å². The minimum absolute atomic E-state index is 0.0579. The van der Waals surface area contributed by atoms with Gasteiger partial charge in [-0.15, -0.1) is 11.3 Å². The van der Waals surface area contributed by atoms with E-state index in [1.165, 1.54) is 9.75 Å². The molecule has 1 aromatic heterocycles. The third kappa shape index (κ3) is 5.09. The van der Waals surface area contributed by atoms with Crippen LogP contribution in [0.5, 0.6) is 0 Å². The number of nitrogens with one attached hydrogen (secondary N) is 1. The van der Waals surface area contributed by atoms with Gasteiger partial charge in [-0.1, -0.05) is 13.8 Å². The summed E-state index contributed by atoms with van der Waals surface area (Å²) in [5.41, 5.74) is -0.0579. The molecular formula is C15H27NOS. The lowest BCUT2D eigenvalue weighted by molar-refractivity contribution is 0.00732. The van der Waals surface area contributed by atoms with Crippen molar-refractivity contribution in [2.75, 3.05) is 13.7 Å². The molecule has 1 aromatic rings. The molecule has 0 aliphatic rings. The molecule has 0 radical (unpaired) electrons. The number of methoxy groups -OCH3 is 1.